The molecular weight excluding hydrogens is 172 g/mol. The molecule has 1 aromatic heterocycles. The van der Waals surface area contributed by atoms with Crippen LogP contribution in [0.3, 0.4) is 0 Å². The number of aliphatic hydroxyl groups is 1. The largest absolute Gasteiger partial charge is 0.394 e. The lowest BCUT2D eigenvalue weighted by atomic mass is 10.4. The van der Waals surface area contributed by atoms with Crippen molar-refractivity contribution in [1.82, 2.24) is 9.55 Å². The van der Waals surface area contributed by atoms with Crippen LogP contribution in [-0.4, -0.2) is 34.5 Å². The second-order valence-electron chi connectivity index (χ2n) is 2.65. The lowest BCUT2D eigenvalue weighted by Crippen LogP contribution is -2.17. The summed E-state index contributed by atoms with van der Waals surface area (Å²) in [5.74, 6) is 0. The van der Waals surface area contributed by atoms with Gasteiger partial charge in [-0.2, -0.15) is 0 Å². The van der Waals surface area contributed by atoms with Crippen LogP contribution in [-0.2, 0) is 11.3 Å². The number of aromatic amines is 1. The van der Waals surface area contributed by atoms with Gasteiger partial charge in [-0.25, -0.2) is 4.79 Å². The van der Waals surface area contributed by atoms with Crippen molar-refractivity contribution in [3.63, 3.8) is 0 Å². The molecule has 0 unspecified atom stereocenters. The van der Waals surface area contributed by atoms with Gasteiger partial charge < -0.3 is 14.8 Å². The summed E-state index contributed by atoms with van der Waals surface area (Å²) in [5.41, 5.74) is -0.0952. The molecule has 1 aromatic rings. The molecule has 0 saturated heterocycles. The van der Waals surface area contributed by atoms with E-state index in [9.17, 15) is 4.79 Å². The first-order chi connectivity index (χ1) is 6.34. The lowest BCUT2D eigenvalue weighted by molar-refractivity contribution is 0.0887. The van der Waals surface area contributed by atoms with Crippen LogP contribution in [0.2, 0.25) is 0 Å². The number of hydrogen-bond acceptors (Lipinski definition) is 3. The summed E-state index contributed by atoms with van der Waals surface area (Å²) in [5, 5.41) is 8.41. The van der Waals surface area contributed by atoms with Crippen molar-refractivity contribution in [3.05, 3.63) is 22.9 Å². The van der Waals surface area contributed by atoms with Crippen LogP contribution in [0.1, 0.15) is 6.42 Å². The minimum Gasteiger partial charge on any atom is -0.394 e. The quantitative estimate of drug-likeness (QED) is 0.593. The van der Waals surface area contributed by atoms with E-state index in [1.54, 1.807) is 17.0 Å². The summed E-state index contributed by atoms with van der Waals surface area (Å²) >= 11 is 0. The molecule has 0 saturated carbocycles. The molecule has 1 rings (SSSR count). The number of aryl methyl sites for hydroxylation is 1. The van der Waals surface area contributed by atoms with Crippen molar-refractivity contribution >= 4 is 0 Å². The monoisotopic (exact) mass is 186 g/mol. The fraction of sp³-hybridized carbons (Fsp3) is 0.625. The summed E-state index contributed by atoms with van der Waals surface area (Å²) in [4.78, 5) is 13.5. The van der Waals surface area contributed by atoms with Gasteiger partial charge in [0.2, 0.25) is 0 Å². The first-order valence-electron chi connectivity index (χ1n) is 4.27. The second-order valence-corrected chi connectivity index (χ2v) is 2.65. The van der Waals surface area contributed by atoms with Crippen LogP contribution in [0.15, 0.2) is 17.2 Å². The molecule has 0 fully saturated rings. The Labute approximate surface area is 76.0 Å². The Bertz CT molecular complexity index is 279. The first kappa shape index (κ1) is 10.0. The van der Waals surface area contributed by atoms with Gasteiger partial charge >= 0.3 is 5.69 Å². The number of nitrogens with zero attached hydrogens (tertiary/aromatic N) is 1. The molecule has 1 heterocycles. The second kappa shape index (κ2) is 5.55. The normalized spacial score (nSPS) is 10.5. The third-order valence-electron chi connectivity index (χ3n) is 1.65. The molecule has 2 N–H and O–H groups in total. The standard InChI is InChI=1S/C8H14N2O3/c11-5-7-13-6-1-3-10-4-2-9-8(10)12/h2,4,11H,1,3,5-7H2,(H,9,12). The van der Waals surface area contributed by atoms with Crippen molar-refractivity contribution in [2.45, 2.75) is 13.0 Å². The summed E-state index contributed by atoms with van der Waals surface area (Å²) < 4.78 is 6.63. The topological polar surface area (TPSA) is 67.2 Å². The van der Waals surface area contributed by atoms with E-state index in [0.717, 1.165) is 6.42 Å². The Hall–Kier alpha value is -1.07. The van der Waals surface area contributed by atoms with E-state index in [4.69, 9.17) is 9.84 Å². The highest BCUT2D eigenvalue weighted by Gasteiger charge is 1.94. The number of ether oxygens (including phenoxy) is 1. The van der Waals surface area contributed by atoms with E-state index in [1.165, 1.54) is 0 Å². The van der Waals surface area contributed by atoms with Crippen LogP contribution < -0.4 is 5.69 Å². The molecule has 0 aliphatic heterocycles. The SMILES string of the molecule is O=c1[nH]ccn1CCCOCCO. The predicted octanol–water partition coefficient (Wildman–Crippen LogP) is -0.425. The van der Waals surface area contributed by atoms with E-state index in [0.29, 0.717) is 19.8 Å². The van der Waals surface area contributed by atoms with Crippen LogP contribution in [0, 0.1) is 0 Å². The fourth-order valence-corrected chi connectivity index (χ4v) is 1.03. The molecule has 0 bridgehead atoms. The maximum Gasteiger partial charge on any atom is 0.325 e. The van der Waals surface area contributed by atoms with E-state index in [2.05, 4.69) is 4.98 Å². The molecule has 0 aliphatic carbocycles. The maximum atomic E-state index is 11.0. The van der Waals surface area contributed by atoms with Crippen molar-refractivity contribution in [2.75, 3.05) is 19.8 Å². The van der Waals surface area contributed by atoms with Crippen molar-refractivity contribution in [2.24, 2.45) is 0 Å². The molecule has 0 radical (unpaired) electrons. The zero-order valence-electron chi connectivity index (χ0n) is 7.40. The highest BCUT2D eigenvalue weighted by Crippen LogP contribution is 1.87. The Kier molecular flexibility index (Phi) is 4.28. The Morgan fingerprint density at radius 2 is 2.38 bits per heavy atom. The molecular formula is C8H14N2O3. The minimum atomic E-state index is -0.0952. The number of imidazole rings is 1. The molecule has 5 heteroatoms. The number of nitrogens with one attached hydrogen (secondary N) is 1. The number of aliphatic hydroxyl groups excluding tert-OH is 1. The van der Waals surface area contributed by atoms with E-state index in [-0.39, 0.29) is 12.3 Å². The van der Waals surface area contributed by atoms with E-state index >= 15 is 0 Å². The van der Waals surface area contributed by atoms with Crippen LogP contribution in [0.5, 0.6) is 0 Å². The Balaban J connectivity index is 2.13. The summed E-state index contributed by atoms with van der Waals surface area (Å²) in [6.07, 6.45) is 4.09. The third-order valence-corrected chi connectivity index (χ3v) is 1.65. The Morgan fingerprint density at radius 3 is 3.00 bits per heavy atom. The lowest BCUT2D eigenvalue weighted by Gasteiger charge is -2.01. The molecule has 74 valence electrons. The molecule has 5 nitrogen and oxygen atoms in total. The molecule has 13 heavy (non-hydrogen) atoms. The number of hydrogen-bond donors (Lipinski definition) is 2. The number of rotatable bonds is 6. The van der Waals surface area contributed by atoms with E-state index in [1.807, 2.05) is 0 Å². The fourth-order valence-electron chi connectivity index (χ4n) is 1.03. The van der Waals surface area contributed by atoms with Crippen LogP contribution in [0.4, 0.5) is 0 Å². The van der Waals surface area contributed by atoms with Crippen molar-refractivity contribution in [1.29, 1.82) is 0 Å². The zero-order valence-corrected chi connectivity index (χ0v) is 7.40. The predicted molar refractivity (Wildman–Crippen MR) is 47.6 cm³/mol. The maximum absolute atomic E-state index is 11.0. The summed E-state index contributed by atoms with van der Waals surface area (Å²) in [6.45, 7) is 1.62. The molecule has 0 aromatic carbocycles. The van der Waals surface area contributed by atoms with Gasteiger partial charge in [0.15, 0.2) is 0 Å². The van der Waals surface area contributed by atoms with E-state index < -0.39 is 0 Å². The molecule has 0 spiro atoms. The zero-order chi connectivity index (χ0) is 9.52. The number of aromatic nitrogens is 2. The van der Waals surface area contributed by atoms with Gasteiger partial charge in [-0.1, -0.05) is 0 Å². The first-order valence-corrected chi connectivity index (χ1v) is 4.27. The van der Waals surface area contributed by atoms with Gasteiger partial charge in [-0.15, -0.1) is 0 Å². The highest BCUT2D eigenvalue weighted by molar-refractivity contribution is 4.75. The van der Waals surface area contributed by atoms with Crippen LogP contribution >= 0.6 is 0 Å². The average molecular weight is 186 g/mol. The Morgan fingerprint density at radius 1 is 1.54 bits per heavy atom. The van der Waals surface area contributed by atoms with Gasteiger partial charge in [0.05, 0.1) is 13.2 Å². The molecule has 0 atom stereocenters. The third kappa shape index (κ3) is 3.43. The van der Waals surface area contributed by atoms with Gasteiger partial charge in [-0.05, 0) is 6.42 Å². The van der Waals surface area contributed by atoms with Gasteiger partial charge in [0.25, 0.3) is 0 Å². The number of H-pyrrole nitrogens is 1. The van der Waals surface area contributed by atoms with Crippen molar-refractivity contribution < 1.29 is 9.84 Å². The highest BCUT2D eigenvalue weighted by atomic mass is 16.5. The van der Waals surface area contributed by atoms with Gasteiger partial charge in [0, 0.05) is 25.5 Å². The van der Waals surface area contributed by atoms with Crippen LogP contribution in [0.25, 0.3) is 0 Å². The summed E-state index contributed by atoms with van der Waals surface area (Å²) in [7, 11) is 0. The van der Waals surface area contributed by atoms with Gasteiger partial charge in [-0.3, -0.25) is 4.57 Å². The summed E-state index contributed by atoms with van der Waals surface area (Å²) in [6, 6.07) is 0. The minimum absolute atomic E-state index is 0.0457. The molecule has 0 amide bonds. The smallest absolute Gasteiger partial charge is 0.325 e. The average Bonchev–Trinajstić information content (AvgIpc) is 2.52. The molecule has 0 aliphatic rings. The van der Waals surface area contributed by atoms with Gasteiger partial charge in [0.1, 0.15) is 0 Å². The van der Waals surface area contributed by atoms with Crippen molar-refractivity contribution in [3.8, 4) is 0 Å².